The fraction of sp³-hybridized carbons (Fsp3) is 0. The van der Waals surface area contributed by atoms with E-state index in [0.717, 1.165) is 5.56 Å². The predicted octanol–water partition coefficient (Wildman–Crippen LogP) is 2.36. The Hall–Kier alpha value is -2.34. The van der Waals surface area contributed by atoms with E-state index in [1.165, 1.54) is 6.20 Å². The van der Waals surface area contributed by atoms with Gasteiger partial charge in [0.15, 0.2) is 17.3 Å². The van der Waals surface area contributed by atoms with Crippen molar-refractivity contribution in [1.29, 1.82) is 0 Å². The Morgan fingerprint density at radius 2 is 2.22 bits per heavy atom. The highest BCUT2D eigenvalue weighted by Crippen LogP contribution is 2.36. The molecule has 0 atom stereocenters. The lowest BCUT2D eigenvalue weighted by atomic mass is 10.0. The fourth-order valence-electron chi connectivity index (χ4n) is 1.71. The largest absolute Gasteiger partial charge is 0.380 e. The maximum absolute atomic E-state index is 5.97. The first-order valence-corrected chi connectivity index (χ1v) is 5.50. The molecule has 3 rings (SSSR count). The third-order valence-electron chi connectivity index (χ3n) is 2.48. The molecule has 7 heteroatoms. The molecule has 1 aromatic carbocycles. The van der Waals surface area contributed by atoms with Gasteiger partial charge in [-0.1, -0.05) is 28.9 Å². The number of aromatic nitrogens is 4. The van der Waals surface area contributed by atoms with Crippen LogP contribution in [-0.2, 0) is 0 Å². The Morgan fingerprint density at radius 3 is 2.94 bits per heavy atom. The monoisotopic (exact) mass is 261 g/mol. The average Bonchev–Trinajstić information content (AvgIpc) is 2.97. The van der Waals surface area contributed by atoms with Gasteiger partial charge in [-0.15, -0.1) is 0 Å². The van der Waals surface area contributed by atoms with Crippen molar-refractivity contribution >= 4 is 17.4 Å². The van der Waals surface area contributed by atoms with Crippen molar-refractivity contribution in [3.63, 3.8) is 0 Å². The summed E-state index contributed by atoms with van der Waals surface area (Å²) < 4.78 is 5.19. The summed E-state index contributed by atoms with van der Waals surface area (Å²) >= 11 is 5.97. The zero-order valence-electron chi connectivity index (χ0n) is 9.09. The van der Waals surface area contributed by atoms with Gasteiger partial charge in [0.25, 0.3) is 0 Å². The lowest BCUT2D eigenvalue weighted by molar-refractivity contribution is 0.435. The summed E-state index contributed by atoms with van der Waals surface area (Å²) in [6.07, 6.45) is 1.54. The molecule has 0 unspecified atom stereocenters. The molecule has 6 nitrogen and oxygen atoms in total. The second-order valence-electron chi connectivity index (χ2n) is 3.64. The number of nitrogens with two attached hydrogens (primary N) is 1. The number of rotatable bonds is 2. The molecule has 0 aliphatic heterocycles. The van der Waals surface area contributed by atoms with Crippen LogP contribution in [0.15, 0.2) is 35.0 Å². The van der Waals surface area contributed by atoms with Crippen LogP contribution in [0.3, 0.4) is 0 Å². The molecule has 0 amide bonds. The van der Waals surface area contributed by atoms with Crippen molar-refractivity contribution in [2.45, 2.75) is 0 Å². The minimum absolute atomic E-state index is 0.287. The molecule has 0 spiro atoms. The molecule has 0 saturated carbocycles. The molecule has 0 fully saturated rings. The topological polar surface area (TPSA) is 93.6 Å². The standard InChI is InChI=1S/C11H8ClN5O/c12-7-3-1-2-6(4-7)9-10(18-16-11(9)13)8-5-14-17-15-8/h1-5H,(H2,13,16)(H,14,15,17). The molecule has 0 aliphatic rings. The van der Waals surface area contributed by atoms with Gasteiger partial charge in [-0.05, 0) is 17.7 Å². The van der Waals surface area contributed by atoms with E-state index >= 15 is 0 Å². The summed E-state index contributed by atoms with van der Waals surface area (Å²) in [6, 6.07) is 7.27. The van der Waals surface area contributed by atoms with E-state index in [1.54, 1.807) is 12.1 Å². The molecule has 18 heavy (non-hydrogen) atoms. The van der Waals surface area contributed by atoms with Gasteiger partial charge in [0.05, 0.1) is 11.8 Å². The molecular weight excluding hydrogens is 254 g/mol. The van der Waals surface area contributed by atoms with Crippen LogP contribution >= 0.6 is 11.6 Å². The van der Waals surface area contributed by atoms with Crippen LogP contribution in [0.4, 0.5) is 5.82 Å². The number of hydrogen-bond donors (Lipinski definition) is 2. The molecule has 90 valence electrons. The van der Waals surface area contributed by atoms with Crippen molar-refractivity contribution in [2.75, 3.05) is 5.73 Å². The maximum atomic E-state index is 5.97. The fourth-order valence-corrected chi connectivity index (χ4v) is 1.90. The third kappa shape index (κ3) is 1.72. The first-order valence-electron chi connectivity index (χ1n) is 5.13. The smallest absolute Gasteiger partial charge is 0.198 e. The number of aromatic amines is 1. The van der Waals surface area contributed by atoms with Gasteiger partial charge in [0.2, 0.25) is 0 Å². The molecule has 0 saturated heterocycles. The van der Waals surface area contributed by atoms with Crippen molar-refractivity contribution in [3.8, 4) is 22.6 Å². The third-order valence-corrected chi connectivity index (χ3v) is 2.71. The van der Waals surface area contributed by atoms with Gasteiger partial charge in [-0.25, -0.2) is 0 Å². The van der Waals surface area contributed by atoms with Crippen LogP contribution in [0.25, 0.3) is 22.6 Å². The van der Waals surface area contributed by atoms with E-state index in [1.807, 2.05) is 12.1 Å². The number of nitrogens with one attached hydrogen (secondary N) is 1. The summed E-state index contributed by atoms with van der Waals surface area (Å²) in [4.78, 5) is 0. The molecule has 0 aliphatic carbocycles. The van der Waals surface area contributed by atoms with Gasteiger partial charge in [-0.2, -0.15) is 15.4 Å². The van der Waals surface area contributed by atoms with Gasteiger partial charge in [0, 0.05) is 5.02 Å². The van der Waals surface area contributed by atoms with Gasteiger partial charge in [-0.3, -0.25) is 0 Å². The number of hydrogen-bond acceptors (Lipinski definition) is 5. The van der Waals surface area contributed by atoms with E-state index in [-0.39, 0.29) is 5.82 Å². The summed E-state index contributed by atoms with van der Waals surface area (Å²) in [5.74, 6) is 0.749. The Kier molecular flexibility index (Phi) is 2.49. The second-order valence-corrected chi connectivity index (χ2v) is 4.07. The number of benzene rings is 1. The van der Waals surface area contributed by atoms with E-state index < -0.39 is 0 Å². The Bertz CT molecular complexity index is 677. The number of H-pyrrole nitrogens is 1. The highest BCUT2D eigenvalue weighted by molar-refractivity contribution is 6.30. The van der Waals surface area contributed by atoms with Gasteiger partial charge < -0.3 is 10.3 Å². The lowest BCUT2D eigenvalue weighted by Crippen LogP contribution is -1.89. The number of anilines is 1. The van der Waals surface area contributed by atoms with Crippen LogP contribution < -0.4 is 5.73 Å². The van der Waals surface area contributed by atoms with Gasteiger partial charge >= 0.3 is 0 Å². The molecule has 2 aromatic heterocycles. The molecule has 0 bridgehead atoms. The quantitative estimate of drug-likeness (QED) is 0.738. The van der Waals surface area contributed by atoms with Crippen LogP contribution in [0, 0.1) is 0 Å². The molecule has 3 aromatic rings. The first kappa shape index (κ1) is 10.8. The summed E-state index contributed by atoms with van der Waals surface area (Å²) in [6.45, 7) is 0. The van der Waals surface area contributed by atoms with E-state index in [0.29, 0.717) is 22.0 Å². The Balaban J connectivity index is 2.20. The zero-order chi connectivity index (χ0) is 12.5. The molecule has 3 N–H and O–H groups in total. The minimum atomic E-state index is 0.287. The van der Waals surface area contributed by atoms with E-state index in [2.05, 4.69) is 20.6 Å². The zero-order valence-corrected chi connectivity index (χ0v) is 9.85. The molecular formula is C11H8ClN5O. The van der Waals surface area contributed by atoms with Crippen molar-refractivity contribution < 1.29 is 4.52 Å². The summed E-state index contributed by atoms with van der Waals surface area (Å²) in [5, 5.41) is 14.6. The number of nitrogens with zero attached hydrogens (tertiary/aromatic N) is 3. The normalized spacial score (nSPS) is 10.7. The summed E-state index contributed by atoms with van der Waals surface area (Å²) in [7, 11) is 0. The second kappa shape index (κ2) is 4.15. The van der Waals surface area contributed by atoms with Crippen LogP contribution in [-0.4, -0.2) is 20.6 Å². The van der Waals surface area contributed by atoms with E-state index in [4.69, 9.17) is 21.9 Å². The van der Waals surface area contributed by atoms with Crippen LogP contribution in [0.2, 0.25) is 5.02 Å². The highest BCUT2D eigenvalue weighted by Gasteiger charge is 2.19. The SMILES string of the molecule is Nc1noc(-c2cn[nH]n2)c1-c1cccc(Cl)c1. The first-order chi connectivity index (χ1) is 8.75. The Morgan fingerprint density at radius 1 is 1.33 bits per heavy atom. The van der Waals surface area contributed by atoms with Crippen LogP contribution in [0.1, 0.15) is 0 Å². The van der Waals surface area contributed by atoms with Crippen molar-refractivity contribution in [1.82, 2.24) is 20.6 Å². The lowest BCUT2D eigenvalue weighted by Gasteiger charge is -2.00. The number of nitrogen functional groups attached to an aromatic ring is 1. The predicted molar refractivity (Wildman–Crippen MR) is 66.7 cm³/mol. The molecule has 0 radical (unpaired) electrons. The van der Waals surface area contributed by atoms with Gasteiger partial charge in [0.1, 0.15) is 0 Å². The van der Waals surface area contributed by atoms with E-state index in [9.17, 15) is 0 Å². The minimum Gasteiger partial charge on any atom is -0.380 e. The average molecular weight is 262 g/mol. The highest BCUT2D eigenvalue weighted by atomic mass is 35.5. The van der Waals surface area contributed by atoms with Crippen LogP contribution in [0.5, 0.6) is 0 Å². The number of halogens is 1. The van der Waals surface area contributed by atoms with Crippen molar-refractivity contribution in [3.05, 3.63) is 35.5 Å². The Labute approximate surface area is 107 Å². The molecule has 2 heterocycles. The maximum Gasteiger partial charge on any atom is 0.198 e. The van der Waals surface area contributed by atoms with Crippen molar-refractivity contribution in [2.24, 2.45) is 0 Å². The summed E-state index contributed by atoms with van der Waals surface area (Å²) in [5.41, 5.74) is 7.84.